The number of methoxy groups -OCH3 is 1. The average molecular weight is 423 g/mol. The summed E-state index contributed by atoms with van der Waals surface area (Å²) in [4.78, 5) is 17.1. The zero-order valence-electron chi connectivity index (χ0n) is 19.2. The van der Waals surface area contributed by atoms with Gasteiger partial charge in [-0.05, 0) is 46.6 Å². The monoisotopic (exact) mass is 422 g/mol. The number of allylic oxidation sites excluding steroid dienone is 1. The number of epoxide rings is 2. The highest BCUT2D eigenvalue weighted by molar-refractivity contribution is 5.68. The first-order valence-corrected chi connectivity index (χ1v) is 11.5. The number of ether oxygens (including phenoxy) is 4. The van der Waals surface area contributed by atoms with Crippen molar-refractivity contribution in [3.8, 4) is 0 Å². The predicted molar refractivity (Wildman–Crippen MR) is 113 cm³/mol. The number of nitrogens with zero attached hydrogens (tertiary/aromatic N) is 2. The third-order valence-corrected chi connectivity index (χ3v) is 7.57. The first kappa shape index (κ1) is 22.1. The van der Waals surface area contributed by atoms with Crippen LogP contribution < -0.4 is 0 Å². The summed E-state index contributed by atoms with van der Waals surface area (Å²) in [7, 11) is 1.72. The van der Waals surface area contributed by atoms with Crippen molar-refractivity contribution in [3.63, 3.8) is 0 Å². The molecule has 7 heteroatoms. The van der Waals surface area contributed by atoms with E-state index in [9.17, 15) is 4.79 Å². The fourth-order valence-corrected chi connectivity index (χ4v) is 5.52. The topological polar surface area (TPSA) is 67.1 Å². The van der Waals surface area contributed by atoms with Crippen LogP contribution in [0.3, 0.4) is 0 Å². The van der Waals surface area contributed by atoms with E-state index in [2.05, 4.69) is 38.7 Å². The van der Waals surface area contributed by atoms with E-state index in [1.165, 1.54) is 5.57 Å². The lowest BCUT2D eigenvalue weighted by atomic mass is 9.68. The van der Waals surface area contributed by atoms with Crippen LogP contribution >= 0.6 is 0 Å². The van der Waals surface area contributed by atoms with Gasteiger partial charge in [-0.1, -0.05) is 18.6 Å². The van der Waals surface area contributed by atoms with Crippen LogP contribution in [0.5, 0.6) is 0 Å². The van der Waals surface area contributed by atoms with E-state index in [4.69, 9.17) is 18.9 Å². The molecule has 0 aromatic heterocycles. The van der Waals surface area contributed by atoms with Gasteiger partial charge in [0.2, 0.25) is 0 Å². The van der Waals surface area contributed by atoms with Crippen molar-refractivity contribution in [1.82, 2.24) is 9.80 Å². The largest absolute Gasteiger partial charge is 0.443 e. The molecule has 6 atom stereocenters. The summed E-state index contributed by atoms with van der Waals surface area (Å²) < 4.78 is 24.2. The second kappa shape index (κ2) is 8.41. The van der Waals surface area contributed by atoms with Gasteiger partial charge in [0.25, 0.3) is 0 Å². The number of carbonyl (C=O) groups excluding carboxylic acids is 1. The Balaban J connectivity index is 1.43. The van der Waals surface area contributed by atoms with Crippen LogP contribution in [0.15, 0.2) is 11.6 Å². The van der Waals surface area contributed by atoms with E-state index < -0.39 is 0 Å². The fraction of sp³-hybridized carbons (Fsp3) is 0.870. The molecule has 3 heterocycles. The van der Waals surface area contributed by atoms with Gasteiger partial charge in [-0.15, -0.1) is 0 Å². The Morgan fingerprint density at radius 3 is 2.50 bits per heavy atom. The molecule has 4 rings (SSSR count). The van der Waals surface area contributed by atoms with Crippen LogP contribution in [0.2, 0.25) is 0 Å². The van der Waals surface area contributed by atoms with Crippen molar-refractivity contribution in [3.05, 3.63) is 11.6 Å². The van der Waals surface area contributed by atoms with Gasteiger partial charge in [-0.25, -0.2) is 4.79 Å². The molecular formula is C23H38N2O5. The Labute approximate surface area is 180 Å². The van der Waals surface area contributed by atoms with Crippen molar-refractivity contribution in [1.29, 1.82) is 0 Å². The molecule has 4 fully saturated rings. The number of hydrogen-bond acceptors (Lipinski definition) is 6. The lowest BCUT2D eigenvalue weighted by molar-refractivity contribution is -0.122. The molecular weight excluding hydrogens is 384 g/mol. The summed E-state index contributed by atoms with van der Waals surface area (Å²) >= 11 is 0. The highest BCUT2D eigenvalue weighted by atomic mass is 16.6. The molecule has 1 aliphatic carbocycles. The summed E-state index contributed by atoms with van der Waals surface area (Å²) in [5.41, 5.74) is 0.804. The molecule has 0 radical (unpaired) electrons. The molecule has 3 saturated heterocycles. The second-order valence-electron chi connectivity index (χ2n) is 9.72. The minimum atomic E-state index is -0.305. The van der Waals surface area contributed by atoms with Crippen LogP contribution in [-0.2, 0) is 18.9 Å². The maximum absolute atomic E-state index is 12.9. The fourth-order valence-electron chi connectivity index (χ4n) is 5.52. The summed E-state index contributed by atoms with van der Waals surface area (Å²) in [6.07, 6.45) is 4.24. The van der Waals surface area contributed by atoms with Crippen LogP contribution in [0.4, 0.5) is 4.79 Å². The minimum absolute atomic E-state index is 0.0639. The molecule has 0 aromatic rings. The highest BCUT2D eigenvalue weighted by Crippen LogP contribution is 2.59. The molecule has 0 bridgehead atoms. The summed E-state index contributed by atoms with van der Waals surface area (Å²) in [5.74, 6) is 0.0639. The normalized spacial score (nSPS) is 40.9. The lowest BCUT2D eigenvalue weighted by Crippen LogP contribution is -2.57. The number of likely N-dealkylation sites (N-methyl/N-ethyl adjacent to an activating group) is 1. The zero-order valence-corrected chi connectivity index (χ0v) is 19.2. The molecule has 1 unspecified atom stereocenters. The quantitative estimate of drug-likeness (QED) is 0.484. The van der Waals surface area contributed by atoms with Gasteiger partial charge >= 0.3 is 6.09 Å². The smallest absolute Gasteiger partial charge is 0.410 e. The Morgan fingerprint density at radius 2 is 1.93 bits per heavy atom. The van der Waals surface area contributed by atoms with Gasteiger partial charge < -0.3 is 28.7 Å². The predicted octanol–water partition coefficient (Wildman–Crippen LogP) is 2.84. The van der Waals surface area contributed by atoms with Gasteiger partial charge in [0.15, 0.2) is 0 Å². The molecule has 3 aliphatic heterocycles. The molecule has 7 nitrogen and oxygen atoms in total. The van der Waals surface area contributed by atoms with Crippen molar-refractivity contribution < 1.29 is 23.7 Å². The van der Waals surface area contributed by atoms with Crippen LogP contribution in [-0.4, -0.2) is 91.8 Å². The molecule has 1 saturated carbocycles. The Morgan fingerprint density at radius 1 is 1.23 bits per heavy atom. The standard InChI is InChI=1S/C23H38N2O5/c1-6-24-11-13-25(14-12-24)21(26)29-17-9-10-23(15-28-23)20(19(17)27-5)22(4)18(30-22)8-7-16(2)3/h7,17-20H,6,8-15H2,1-5H3/t17-,18-,19-,20-,22?,23+/m1/s1. The second-order valence-corrected chi connectivity index (χ2v) is 9.72. The van der Waals surface area contributed by atoms with Crippen LogP contribution in [0, 0.1) is 5.92 Å². The molecule has 170 valence electrons. The van der Waals surface area contributed by atoms with Gasteiger partial charge in [0, 0.05) is 33.3 Å². The molecule has 1 amide bonds. The average Bonchev–Trinajstić information content (AvgIpc) is 3.65. The van der Waals surface area contributed by atoms with Gasteiger partial charge in [-0.2, -0.15) is 0 Å². The van der Waals surface area contributed by atoms with E-state index >= 15 is 0 Å². The van der Waals surface area contributed by atoms with E-state index in [1.807, 2.05) is 4.90 Å². The third kappa shape index (κ3) is 4.14. The summed E-state index contributed by atoms with van der Waals surface area (Å²) in [6.45, 7) is 13.6. The molecule has 30 heavy (non-hydrogen) atoms. The van der Waals surface area contributed by atoms with Crippen molar-refractivity contribution in [2.45, 2.75) is 76.5 Å². The van der Waals surface area contributed by atoms with E-state index in [-0.39, 0.29) is 41.5 Å². The van der Waals surface area contributed by atoms with Gasteiger partial charge in [0.05, 0.1) is 18.6 Å². The minimum Gasteiger partial charge on any atom is -0.443 e. The molecule has 1 spiro atoms. The van der Waals surface area contributed by atoms with Crippen molar-refractivity contribution >= 4 is 6.09 Å². The molecule has 4 aliphatic rings. The first-order chi connectivity index (χ1) is 14.3. The van der Waals surface area contributed by atoms with E-state index in [0.717, 1.165) is 58.6 Å². The Hall–Kier alpha value is -1.15. The van der Waals surface area contributed by atoms with Gasteiger partial charge in [-0.3, -0.25) is 0 Å². The maximum atomic E-state index is 12.9. The summed E-state index contributed by atoms with van der Waals surface area (Å²) in [6, 6.07) is 0. The van der Waals surface area contributed by atoms with Crippen LogP contribution in [0.25, 0.3) is 0 Å². The lowest BCUT2D eigenvalue weighted by Gasteiger charge is -2.43. The van der Waals surface area contributed by atoms with Crippen LogP contribution in [0.1, 0.15) is 47.0 Å². The Bertz CT molecular complexity index is 667. The first-order valence-electron chi connectivity index (χ1n) is 11.5. The third-order valence-electron chi connectivity index (χ3n) is 7.57. The van der Waals surface area contributed by atoms with Crippen molar-refractivity contribution in [2.24, 2.45) is 5.92 Å². The van der Waals surface area contributed by atoms with Gasteiger partial charge in [0.1, 0.15) is 23.4 Å². The van der Waals surface area contributed by atoms with Crippen molar-refractivity contribution in [2.75, 3.05) is 46.4 Å². The zero-order chi connectivity index (χ0) is 21.5. The van der Waals surface area contributed by atoms with E-state index in [1.54, 1.807) is 7.11 Å². The molecule has 0 aromatic carbocycles. The number of carbonyl (C=O) groups is 1. The Kier molecular flexibility index (Phi) is 6.19. The number of hydrogen-bond donors (Lipinski definition) is 0. The van der Waals surface area contributed by atoms with E-state index in [0.29, 0.717) is 0 Å². The highest BCUT2D eigenvalue weighted by Gasteiger charge is 2.72. The number of rotatable bonds is 6. The SMILES string of the molecule is CCN1CCN(C(=O)O[C@@H]2CC[C@]3(CO3)[C@@H](C3(C)O[C@@H]3CC=C(C)C)[C@@H]2OC)CC1. The molecule has 0 N–H and O–H groups in total. The summed E-state index contributed by atoms with van der Waals surface area (Å²) in [5, 5.41) is 0. The maximum Gasteiger partial charge on any atom is 0.410 e. The number of piperazine rings is 1. The number of amides is 1.